The second-order valence-corrected chi connectivity index (χ2v) is 3.91. The first-order valence-corrected chi connectivity index (χ1v) is 5.47. The molecule has 82 valence electrons. The van der Waals surface area contributed by atoms with Gasteiger partial charge >= 0.3 is 0 Å². The van der Waals surface area contributed by atoms with E-state index in [1.807, 2.05) is 43.5 Å². The smallest absolute Gasteiger partial charge is 0.0968 e. The molecule has 17 heavy (non-hydrogen) atoms. The van der Waals surface area contributed by atoms with Gasteiger partial charge in [0.25, 0.3) is 0 Å². The molecule has 0 unspecified atom stereocenters. The van der Waals surface area contributed by atoms with Crippen molar-refractivity contribution in [1.82, 2.24) is 15.0 Å². The minimum atomic E-state index is 0.921. The highest BCUT2D eigenvalue weighted by molar-refractivity contribution is 5.90. The van der Waals surface area contributed by atoms with Crippen LogP contribution in [0.4, 0.5) is 0 Å². The fourth-order valence-corrected chi connectivity index (χ4v) is 1.89. The number of hydrogen-bond acceptors (Lipinski definition) is 3. The third kappa shape index (κ3) is 1.76. The Balaban J connectivity index is 2.33. The molecular weight excluding hydrogens is 210 g/mol. The molecule has 3 rings (SSSR count). The molecule has 0 spiro atoms. The second kappa shape index (κ2) is 3.94. The Labute approximate surface area is 99.2 Å². The van der Waals surface area contributed by atoms with E-state index in [9.17, 15) is 0 Å². The van der Waals surface area contributed by atoms with E-state index >= 15 is 0 Å². The van der Waals surface area contributed by atoms with E-state index in [4.69, 9.17) is 0 Å². The van der Waals surface area contributed by atoms with E-state index in [1.165, 1.54) is 0 Å². The van der Waals surface area contributed by atoms with E-state index in [2.05, 4.69) is 15.0 Å². The standard InChI is InChI=1S/C14H11N3/c1-10-2-3-13-14(17-10)12(6-9-16-13)11-4-7-15-8-5-11/h2-9H,1H3. The van der Waals surface area contributed by atoms with E-state index in [-0.39, 0.29) is 0 Å². The normalized spacial score (nSPS) is 10.6. The molecule has 3 heteroatoms. The number of rotatable bonds is 1. The third-order valence-electron chi connectivity index (χ3n) is 2.71. The lowest BCUT2D eigenvalue weighted by atomic mass is 10.1. The SMILES string of the molecule is Cc1ccc2nccc(-c3ccncc3)c2n1. The van der Waals surface area contributed by atoms with Crippen molar-refractivity contribution in [2.24, 2.45) is 0 Å². The zero-order valence-corrected chi connectivity index (χ0v) is 9.46. The molecule has 0 aliphatic carbocycles. The first-order valence-electron chi connectivity index (χ1n) is 5.47. The molecule has 0 aromatic carbocycles. The summed E-state index contributed by atoms with van der Waals surface area (Å²) >= 11 is 0. The van der Waals surface area contributed by atoms with Crippen LogP contribution >= 0.6 is 0 Å². The summed E-state index contributed by atoms with van der Waals surface area (Å²) in [5.74, 6) is 0. The molecule has 3 aromatic heterocycles. The monoisotopic (exact) mass is 221 g/mol. The maximum Gasteiger partial charge on any atom is 0.0968 e. The summed E-state index contributed by atoms with van der Waals surface area (Å²) in [5, 5.41) is 0. The Kier molecular flexibility index (Phi) is 2.29. The highest BCUT2D eigenvalue weighted by Crippen LogP contribution is 2.25. The number of aromatic nitrogens is 3. The number of nitrogens with zero attached hydrogens (tertiary/aromatic N) is 3. The molecule has 0 bridgehead atoms. The van der Waals surface area contributed by atoms with Gasteiger partial charge in [-0.05, 0) is 42.8 Å². The van der Waals surface area contributed by atoms with E-state index < -0.39 is 0 Å². The van der Waals surface area contributed by atoms with Gasteiger partial charge < -0.3 is 0 Å². The maximum atomic E-state index is 4.57. The summed E-state index contributed by atoms with van der Waals surface area (Å²) in [6, 6.07) is 9.94. The van der Waals surface area contributed by atoms with E-state index in [0.29, 0.717) is 0 Å². The summed E-state index contributed by atoms with van der Waals surface area (Å²) in [5.41, 5.74) is 5.08. The summed E-state index contributed by atoms with van der Waals surface area (Å²) in [6.07, 6.45) is 5.39. The van der Waals surface area contributed by atoms with Crippen LogP contribution in [0.5, 0.6) is 0 Å². The molecule has 0 radical (unpaired) electrons. The zero-order valence-electron chi connectivity index (χ0n) is 9.46. The molecule has 0 atom stereocenters. The summed E-state index contributed by atoms with van der Waals surface area (Å²) in [6.45, 7) is 1.99. The molecule has 0 saturated carbocycles. The van der Waals surface area contributed by atoms with E-state index in [1.54, 1.807) is 12.4 Å². The van der Waals surface area contributed by atoms with Gasteiger partial charge in [-0.15, -0.1) is 0 Å². The van der Waals surface area contributed by atoms with Gasteiger partial charge in [-0.1, -0.05) is 0 Å². The highest BCUT2D eigenvalue weighted by atomic mass is 14.8. The summed E-state index contributed by atoms with van der Waals surface area (Å²) < 4.78 is 0. The molecule has 0 fully saturated rings. The Bertz CT molecular complexity index is 663. The Morgan fingerprint density at radius 3 is 2.53 bits per heavy atom. The lowest BCUT2D eigenvalue weighted by Crippen LogP contribution is -1.89. The summed E-state index contributed by atoms with van der Waals surface area (Å²) in [4.78, 5) is 12.9. The van der Waals surface area contributed by atoms with Crippen molar-refractivity contribution in [3.8, 4) is 11.1 Å². The van der Waals surface area contributed by atoms with Crippen LogP contribution in [0.2, 0.25) is 0 Å². The predicted octanol–water partition coefficient (Wildman–Crippen LogP) is 3.00. The molecule has 0 amide bonds. The zero-order chi connectivity index (χ0) is 11.7. The molecule has 0 aliphatic heterocycles. The maximum absolute atomic E-state index is 4.57. The van der Waals surface area contributed by atoms with Crippen molar-refractivity contribution in [2.75, 3.05) is 0 Å². The van der Waals surface area contributed by atoms with Crippen molar-refractivity contribution in [3.05, 3.63) is 54.6 Å². The lowest BCUT2D eigenvalue weighted by molar-refractivity contribution is 1.23. The van der Waals surface area contributed by atoms with Crippen LogP contribution in [-0.2, 0) is 0 Å². The van der Waals surface area contributed by atoms with Crippen molar-refractivity contribution in [2.45, 2.75) is 6.92 Å². The van der Waals surface area contributed by atoms with Gasteiger partial charge in [0.2, 0.25) is 0 Å². The Morgan fingerprint density at radius 1 is 0.882 bits per heavy atom. The third-order valence-corrected chi connectivity index (χ3v) is 2.71. The van der Waals surface area contributed by atoms with Crippen molar-refractivity contribution >= 4 is 11.0 Å². The average molecular weight is 221 g/mol. The van der Waals surface area contributed by atoms with Gasteiger partial charge in [0.05, 0.1) is 11.0 Å². The van der Waals surface area contributed by atoms with Gasteiger partial charge in [-0.2, -0.15) is 0 Å². The number of aryl methyl sites for hydroxylation is 1. The van der Waals surface area contributed by atoms with Crippen molar-refractivity contribution in [3.63, 3.8) is 0 Å². The Morgan fingerprint density at radius 2 is 1.71 bits per heavy atom. The van der Waals surface area contributed by atoms with Crippen LogP contribution in [0.3, 0.4) is 0 Å². The molecule has 0 aliphatic rings. The van der Waals surface area contributed by atoms with Gasteiger partial charge in [-0.25, -0.2) is 0 Å². The van der Waals surface area contributed by atoms with Gasteiger partial charge in [0.1, 0.15) is 0 Å². The fraction of sp³-hybridized carbons (Fsp3) is 0.0714. The molecular formula is C14H11N3. The van der Waals surface area contributed by atoms with Crippen molar-refractivity contribution < 1.29 is 0 Å². The first-order chi connectivity index (χ1) is 8.34. The lowest BCUT2D eigenvalue weighted by Gasteiger charge is -2.05. The number of fused-ring (bicyclic) bond motifs is 1. The number of hydrogen-bond donors (Lipinski definition) is 0. The van der Waals surface area contributed by atoms with Crippen LogP contribution in [0.1, 0.15) is 5.69 Å². The minimum Gasteiger partial charge on any atom is -0.265 e. The van der Waals surface area contributed by atoms with Gasteiger partial charge in [0, 0.05) is 29.8 Å². The van der Waals surface area contributed by atoms with Gasteiger partial charge in [-0.3, -0.25) is 15.0 Å². The molecule has 0 N–H and O–H groups in total. The van der Waals surface area contributed by atoms with Crippen LogP contribution in [0.25, 0.3) is 22.2 Å². The predicted molar refractivity (Wildman–Crippen MR) is 67.5 cm³/mol. The fourth-order valence-electron chi connectivity index (χ4n) is 1.89. The van der Waals surface area contributed by atoms with Crippen LogP contribution in [0.15, 0.2) is 48.9 Å². The Hall–Kier alpha value is -2.29. The largest absolute Gasteiger partial charge is 0.265 e. The summed E-state index contributed by atoms with van der Waals surface area (Å²) in [7, 11) is 0. The minimum absolute atomic E-state index is 0.921. The van der Waals surface area contributed by atoms with Crippen LogP contribution in [0, 0.1) is 6.92 Å². The van der Waals surface area contributed by atoms with E-state index in [0.717, 1.165) is 27.9 Å². The molecule has 3 aromatic rings. The molecule has 3 heterocycles. The van der Waals surface area contributed by atoms with Crippen LogP contribution in [-0.4, -0.2) is 15.0 Å². The average Bonchev–Trinajstić information content (AvgIpc) is 2.39. The highest BCUT2D eigenvalue weighted by Gasteiger charge is 2.05. The van der Waals surface area contributed by atoms with Crippen LogP contribution < -0.4 is 0 Å². The van der Waals surface area contributed by atoms with Crippen molar-refractivity contribution in [1.29, 1.82) is 0 Å². The molecule has 3 nitrogen and oxygen atoms in total. The quantitative estimate of drug-likeness (QED) is 0.634. The second-order valence-electron chi connectivity index (χ2n) is 3.91. The topological polar surface area (TPSA) is 38.7 Å². The first kappa shape index (κ1) is 9.90. The molecule has 0 saturated heterocycles. The van der Waals surface area contributed by atoms with Gasteiger partial charge in [0.15, 0.2) is 0 Å². The number of pyridine rings is 3.